The third-order valence-corrected chi connectivity index (χ3v) is 4.72. The SMILES string of the molecule is CNC1CCc2c(c3ccc(C(C)C)cc3n2C)C1. The number of hydrogen-bond acceptors (Lipinski definition) is 1. The van der Waals surface area contributed by atoms with E-state index < -0.39 is 0 Å². The highest BCUT2D eigenvalue weighted by molar-refractivity contribution is 5.86. The molecule has 0 saturated heterocycles. The Morgan fingerprint density at radius 3 is 2.79 bits per heavy atom. The molecule has 1 atom stereocenters. The lowest BCUT2D eigenvalue weighted by Crippen LogP contribution is -2.31. The number of nitrogens with zero attached hydrogens (tertiary/aromatic N) is 1. The van der Waals surface area contributed by atoms with Crippen molar-refractivity contribution in [3.8, 4) is 0 Å². The first-order valence-corrected chi connectivity index (χ1v) is 7.39. The number of hydrogen-bond donors (Lipinski definition) is 1. The average molecular weight is 256 g/mol. The molecule has 102 valence electrons. The van der Waals surface area contributed by atoms with Crippen molar-refractivity contribution < 1.29 is 0 Å². The summed E-state index contributed by atoms with van der Waals surface area (Å²) in [7, 11) is 4.31. The van der Waals surface area contributed by atoms with Gasteiger partial charge in [-0.05, 0) is 49.4 Å². The summed E-state index contributed by atoms with van der Waals surface area (Å²) >= 11 is 0. The zero-order valence-electron chi connectivity index (χ0n) is 12.5. The van der Waals surface area contributed by atoms with Crippen LogP contribution in [0.4, 0.5) is 0 Å². The number of likely N-dealkylation sites (N-methyl/N-ethyl adjacent to an activating group) is 1. The molecule has 0 spiro atoms. The van der Waals surface area contributed by atoms with E-state index in [1.165, 1.54) is 35.7 Å². The molecule has 1 aromatic carbocycles. The normalized spacial score (nSPS) is 19.1. The lowest BCUT2D eigenvalue weighted by Gasteiger charge is -2.22. The number of aryl methyl sites for hydroxylation is 1. The quantitative estimate of drug-likeness (QED) is 0.871. The van der Waals surface area contributed by atoms with Crippen LogP contribution < -0.4 is 5.32 Å². The fourth-order valence-electron chi connectivity index (χ4n) is 3.40. The van der Waals surface area contributed by atoms with Crippen molar-refractivity contribution in [1.29, 1.82) is 0 Å². The summed E-state index contributed by atoms with van der Waals surface area (Å²) in [6.45, 7) is 4.53. The fourth-order valence-corrected chi connectivity index (χ4v) is 3.40. The molecule has 1 N–H and O–H groups in total. The van der Waals surface area contributed by atoms with Gasteiger partial charge in [-0.1, -0.05) is 26.0 Å². The molecule has 2 aromatic rings. The van der Waals surface area contributed by atoms with Crippen LogP contribution in [0.3, 0.4) is 0 Å². The third-order valence-electron chi connectivity index (χ3n) is 4.72. The van der Waals surface area contributed by atoms with Crippen molar-refractivity contribution in [1.82, 2.24) is 9.88 Å². The highest BCUT2D eigenvalue weighted by atomic mass is 15.0. The summed E-state index contributed by atoms with van der Waals surface area (Å²) < 4.78 is 2.42. The number of nitrogens with one attached hydrogen (secondary N) is 1. The first kappa shape index (κ1) is 12.7. The highest BCUT2D eigenvalue weighted by Gasteiger charge is 2.23. The first-order chi connectivity index (χ1) is 9.11. The van der Waals surface area contributed by atoms with Gasteiger partial charge in [-0.2, -0.15) is 0 Å². The maximum atomic E-state index is 3.44. The Hall–Kier alpha value is -1.28. The molecule has 19 heavy (non-hydrogen) atoms. The second kappa shape index (κ2) is 4.68. The van der Waals surface area contributed by atoms with Crippen LogP contribution in [0.5, 0.6) is 0 Å². The largest absolute Gasteiger partial charge is 0.347 e. The molecule has 1 unspecified atom stereocenters. The summed E-state index contributed by atoms with van der Waals surface area (Å²) in [5.74, 6) is 0.599. The molecule has 1 aromatic heterocycles. The number of benzene rings is 1. The Balaban J connectivity index is 2.16. The molecule has 0 aliphatic heterocycles. The van der Waals surface area contributed by atoms with Gasteiger partial charge >= 0.3 is 0 Å². The van der Waals surface area contributed by atoms with E-state index in [0.717, 1.165) is 0 Å². The molecule has 3 rings (SSSR count). The molecule has 0 fully saturated rings. The van der Waals surface area contributed by atoms with Gasteiger partial charge in [-0.15, -0.1) is 0 Å². The Morgan fingerprint density at radius 1 is 1.32 bits per heavy atom. The summed E-state index contributed by atoms with van der Waals surface area (Å²) in [4.78, 5) is 0. The van der Waals surface area contributed by atoms with Crippen molar-refractivity contribution in [3.63, 3.8) is 0 Å². The van der Waals surface area contributed by atoms with Gasteiger partial charge in [0.2, 0.25) is 0 Å². The van der Waals surface area contributed by atoms with Gasteiger partial charge in [-0.25, -0.2) is 0 Å². The van der Waals surface area contributed by atoms with E-state index in [-0.39, 0.29) is 0 Å². The van der Waals surface area contributed by atoms with Crippen molar-refractivity contribution in [2.45, 2.75) is 45.1 Å². The number of rotatable bonds is 2. The molecule has 0 radical (unpaired) electrons. The molecular weight excluding hydrogens is 232 g/mol. The zero-order valence-corrected chi connectivity index (χ0v) is 12.5. The lowest BCUT2D eigenvalue weighted by molar-refractivity contribution is 0.488. The van der Waals surface area contributed by atoms with Crippen LogP contribution in [0.15, 0.2) is 18.2 Å². The minimum atomic E-state index is 0.599. The van der Waals surface area contributed by atoms with E-state index in [0.29, 0.717) is 12.0 Å². The Bertz CT molecular complexity index is 607. The molecule has 0 bridgehead atoms. The van der Waals surface area contributed by atoms with Crippen molar-refractivity contribution in [2.75, 3.05) is 7.05 Å². The average Bonchev–Trinajstić information content (AvgIpc) is 2.71. The van der Waals surface area contributed by atoms with E-state index in [4.69, 9.17) is 0 Å². The minimum Gasteiger partial charge on any atom is -0.347 e. The smallest absolute Gasteiger partial charge is 0.0485 e. The van der Waals surface area contributed by atoms with Gasteiger partial charge in [0.1, 0.15) is 0 Å². The zero-order chi connectivity index (χ0) is 13.6. The van der Waals surface area contributed by atoms with E-state index in [2.05, 4.69) is 56.0 Å². The van der Waals surface area contributed by atoms with Crippen molar-refractivity contribution in [2.24, 2.45) is 7.05 Å². The van der Waals surface area contributed by atoms with Gasteiger partial charge in [0, 0.05) is 29.7 Å². The van der Waals surface area contributed by atoms with E-state index in [1.54, 1.807) is 11.3 Å². The fraction of sp³-hybridized carbons (Fsp3) is 0.529. The van der Waals surface area contributed by atoms with Crippen LogP contribution in [0.25, 0.3) is 10.9 Å². The van der Waals surface area contributed by atoms with E-state index >= 15 is 0 Å². The third kappa shape index (κ3) is 1.99. The monoisotopic (exact) mass is 256 g/mol. The van der Waals surface area contributed by atoms with Crippen LogP contribution in [0, 0.1) is 0 Å². The maximum absolute atomic E-state index is 3.44. The van der Waals surface area contributed by atoms with Crippen LogP contribution in [0.1, 0.15) is 43.0 Å². The van der Waals surface area contributed by atoms with Crippen LogP contribution >= 0.6 is 0 Å². The first-order valence-electron chi connectivity index (χ1n) is 7.39. The van der Waals surface area contributed by atoms with Crippen molar-refractivity contribution in [3.05, 3.63) is 35.0 Å². The maximum Gasteiger partial charge on any atom is 0.0485 e. The topological polar surface area (TPSA) is 17.0 Å². The Labute approximate surface area is 115 Å². The summed E-state index contributed by atoms with van der Waals surface area (Å²) in [5, 5.41) is 4.90. The van der Waals surface area contributed by atoms with Crippen LogP contribution in [-0.4, -0.2) is 17.7 Å². The van der Waals surface area contributed by atoms with Gasteiger partial charge < -0.3 is 9.88 Å². The summed E-state index contributed by atoms with van der Waals surface area (Å²) in [6, 6.07) is 7.66. The van der Waals surface area contributed by atoms with Gasteiger partial charge in [0.15, 0.2) is 0 Å². The number of aromatic nitrogens is 1. The van der Waals surface area contributed by atoms with E-state index in [1.807, 2.05) is 0 Å². The molecule has 2 nitrogen and oxygen atoms in total. The van der Waals surface area contributed by atoms with Crippen molar-refractivity contribution >= 4 is 10.9 Å². The van der Waals surface area contributed by atoms with Crippen LogP contribution in [-0.2, 0) is 19.9 Å². The van der Waals surface area contributed by atoms with Gasteiger partial charge in [0.25, 0.3) is 0 Å². The van der Waals surface area contributed by atoms with Crippen LogP contribution in [0.2, 0.25) is 0 Å². The number of fused-ring (bicyclic) bond motifs is 3. The predicted octanol–water partition coefficient (Wildman–Crippen LogP) is 3.38. The molecule has 0 saturated carbocycles. The molecule has 2 heteroatoms. The minimum absolute atomic E-state index is 0.599. The Kier molecular flexibility index (Phi) is 3.14. The standard InChI is InChI=1S/C17H24N2/c1-11(2)12-5-7-14-15-10-13(18-3)6-8-16(15)19(4)17(14)9-12/h5,7,9,11,13,18H,6,8,10H2,1-4H3. The van der Waals surface area contributed by atoms with Gasteiger partial charge in [-0.3, -0.25) is 0 Å². The molecule has 1 aliphatic rings. The second-order valence-corrected chi connectivity index (χ2v) is 6.14. The molecule has 0 amide bonds. The molecule has 1 heterocycles. The summed E-state index contributed by atoms with van der Waals surface area (Å²) in [5.41, 5.74) is 5.96. The Morgan fingerprint density at radius 2 is 2.11 bits per heavy atom. The summed E-state index contributed by atoms with van der Waals surface area (Å²) in [6.07, 6.45) is 3.62. The van der Waals surface area contributed by atoms with Gasteiger partial charge in [0.05, 0.1) is 0 Å². The van der Waals surface area contributed by atoms with E-state index in [9.17, 15) is 0 Å². The second-order valence-electron chi connectivity index (χ2n) is 6.14. The predicted molar refractivity (Wildman–Crippen MR) is 81.9 cm³/mol. The highest BCUT2D eigenvalue weighted by Crippen LogP contribution is 2.33. The molecule has 1 aliphatic carbocycles. The lowest BCUT2D eigenvalue weighted by atomic mass is 9.91. The molecular formula is C17H24N2.